The van der Waals surface area contributed by atoms with Gasteiger partial charge < -0.3 is 19.4 Å². The van der Waals surface area contributed by atoms with Gasteiger partial charge in [-0.2, -0.15) is 4.31 Å². The molecule has 0 N–H and O–H groups in total. The molecule has 3 aromatic rings. The molecule has 3 fully saturated rings. The number of halogens is 3. The Bertz CT molecular complexity index is 1700. The number of hydrogen-bond acceptors (Lipinski definition) is 6. The van der Waals surface area contributed by atoms with Crippen LogP contribution >= 0.6 is 23.2 Å². The number of ether oxygens (including phenoxy) is 1. The highest BCUT2D eigenvalue weighted by molar-refractivity contribution is 7.89. The summed E-state index contributed by atoms with van der Waals surface area (Å²) < 4.78 is 49.3. The number of sulfonamides is 1. The van der Waals surface area contributed by atoms with E-state index in [4.69, 9.17) is 27.9 Å². The topological polar surface area (TPSA) is 73.4 Å². The Labute approximate surface area is 273 Å². The van der Waals surface area contributed by atoms with Gasteiger partial charge >= 0.3 is 0 Å². The highest BCUT2D eigenvalue weighted by atomic mass is 35.5. The van der Waals surface area contributed by atoms with Gasteiger partial charge in [0.25, 0.3) is 5.91 Å². The zero-order valence-electron chi connectivity index (χ0n) is 24.8. The first-order valence-electron chi connectivity index (χ1n) is 15.5. The average Bonchev–Trinajstić information content (AvgIpc) is 3.61. The van der Waals surface area contributed by atoms with Crippen LogP contribution in [0.5, 0.6) is 5.75 Å². The number of piperazine rings is 2. The SMILES string of the molecule is O=C(c1ccc(F)cc1Cl)N1C[C@H]2CC[C@@H](C1)N2c1cc(S(=O)(=O)N2CCN(CCc3ccc(Cl)cc3)CC2)cc2c1OCC2. The van der Waals surface area contributed by atoms with E-state index in [0.717, 1.165) is 53.9 Å². The van der Waals surface area contributed by atoms with E-state index in [9.17, 15) is 17.6 Å². The highest BCUT2D eigenvalue weighted by Gasteiger charge is 2.44. The molecule has 4 aliphatic rings. The fourth-order valence-corrected chi connectivity index (χ4v) is 9.04. The van der Waals surface area contributed by atoms with E-state index < -0.39 is 15.8 Å². The third-order valence-corrected chi connectivity index (χ3v) is 12.0. The van der Waals surface area contributed by atoms with Gasteiger partial charge in [-0.25, -0.2) is 12.8 Å². The summed E-state index contributed by atoms with van der Waals surface area (Å²) in [7, 11) is -3.72. The smallest absolute Gasteiger partial charge is 0.255 e. The molecule has 0 spiro atoms. The minimum Gasteiger partial charge on any atom is -0.491 e. The van der Waals surface area contributed by atoms with Crippen LogP contribution in [-0.2, 0) is 22.9 Å². The molecule has 8 nitrogen and oxygen atoms in total. The fraction of sp³-hybridized carbons (Fsp3) is 0.424. The maximum atomic E-state index is 14.0. The van der Waals surface area contributed by atoms with E-state index in [1.54, 1.807) is 21.3 Å². The Morgan fingerprint density at radius 2 is 1.64 bits per heavy atom. The third-order valence-electron chi connectivity index (χ3n) is 9.55. The Hall–Kier alpha value is -2.89. The number of carbonyl (C=O) groups excluding carboxylic acids is 1. The molecular formula is C33H35Cl2FN4O4S. The maximum Gasteiger partial charge on any atom is 0.255 e. The number of rotatable bonds is 7. The summed E-state index contributed by atoms with van der Waals surface area (Å²) in [5.74, 6) is 0.0436. The molecule has 0 radical (unpaired) electrons. The summed E-state index contributed by atoms with van der Waals surface area (Å²) in [6.45, 7) is 4.51. The van der Waals surface area contributed by atoms with Crippen LogP contribution in [0.25, 0.3) is 0 Å². The lowest BCUT2D eigenvalue weighted by Gasteiger charge is -2.43. The zero-order chi connectivity index (χ0) is 31.3. The minimum atomic E-state index is -3.72. The van der Waals surface area contributed by atoms with Crippen molar-refractivity contribution in [2.75, 3.05) is 57.3 Å². The normalized spacial score (nSPS) is 22.0. The van der Waals surface area contributed by atoms with Crippen molar-refractivity contribution in [3.8, 4) is 5.75 Å². The summed E-state index contributed by atoms with van der Waals surface area (Å²) in [5, 5.41) is 0.817. The molecule has 0 unspecified atom stereocenters. The Kier molecular flexibility index (Phi) is 8.45. The van der Waals surface area contributed by atoms with Gasteiger partial charge in [-0.15, -0.1) is 0 Å². The van der Waals surface area contributed by atoms with Crippen molar-refractivity contribution in [2.24, 2.45) is 0 Å². The van der Waals surface area contributed by atoms with Gasteiger partial charge in [0.2, 0.25) is 10.0 Å². The first-order valence-corrected chi connectivity index (χ1v) is 17.7. The van der Waals surface area contributed by atoms with Crippen molar-refractivity contribution in [3.05, 3.63) is 87.2 Å². The molecule has 3 aromatic carbocycles. The molecule has 45 heavy (non-hydrogen) atoms. The van der Waals surface area contributed by atoms with Crippen LogP contribution in [0.2, 0.25) is 10.0 Å². The molecule has 238 valence electrons. The average molecular weight is 674 g/mol. The molecule has 4 aliphatic heterocycles. The first-order chi connectivity index (χ1) is 21.7. The van der Waals surface area contributed by atoms with Crippen LogP contribution in [0.15, 0.2) is 59.5 Å². The molecular weight excluding hydrogens is 638 g/mol. The molecule has 4 heterocycles. The van der Waals surface area contributed by atoms with Crippen molar-refractivity contribution < 1.29 is 22.3 Å². The Balaban J connectivity index is 1.07. The number of carbonyl (C=O) groups is 1. The van der Waals surface area contributed by atoms with Gasteiger partial charge in [-0.1, -0.05) is 35.3 Å². The van der Waals surface area contributed by atoms with Crippen molar-refractivity contribution in [1.29, 1.82) is 0 Å². The molecule has 1 amide bonds. The number of anilines is 1. The van der Waals surface area contributed by atoms with Crippen molar-refractivity contribution in [3.63, 3.8) is 0 Å². The lowest BCUT2D eigenvalue weighted by Crippen LogP contribution is -2.55. The summed E-state index contributed by atoms with van der Waals surface area (Å²) in [6, 6.07) is 15.3. The van der Waals surface area contributed by atoms with Crippen molar-refractivity contribution >= 4 is 44.8 Å². The lowest BCUT2D eigenvalue weighted by molar-refractivity contribution is 0.0718. The predicted molar refractivity (Wildman–Crippen MR) is 173 cm³/mol. The van der Waals surface area contributed by atoms with Crippen LogP contribution in [0, 0.1) is 5.82 Å². The molecule has 0 aromatic heterocycles. The zero-order valence-corrected chi connectivity index (χ0v) is 27.1. The van der Waals surface area contributed by atoms with Gasteiger partial charge in [-0.3, -0.25) is 4.79 Å². The van der Waals surface area contributed by atoms with Gasteiger partial charge in [-0.05, 0) is 67.3 Å². The molecule has 7 rings (SSSR count). The molecule has 0 aliphatic carbocycles. The monoisotopic (exact) mass is 672 g/mol. The summed E-state index contributed by atoms with van der Waals surface area (Å²) in [4.78, 5) is 20.0. The van der Waals surface area contributed by atoms with E-state index in [1.165, 1.54) is 17.7 Å². The number of nitrogens with zero attached hydrogens (tertiary/aromatic N) is 4. The lowest BCUT2D eigenvalue weighted by atomic mass is 10.1. The van der Waals surface area contributed by atoms with Gasteiger partial charge in [0.15, 0.2) is 0 Å². The molecule has 12 heteroatoms. The second kappa shape index (κ2) is 12.4. The first kappa shape index (κ1) is 30.7. The van der Waals surface area contributed by atoms with Gasteiger partial charge in [0.05, 0.1) is 27.8 Å². The molecule has 2 bridgehead atoms. The summed E-state index contributed by atoms with van der Waals surface area (Å²) >= 11 is 12.2. The molecule has 2 atom stereocenters. The van der Waals surface area contributed by atoms with E-state index >= 15 is 0 Å². The van der Waals surface area contributed by atoms with Gasteiger partial charge in [0, 0.05) is 74.9 Å². The molecule has 3 saturated heterocycles. The second-order valence-electron chi connectivity index (χ2n) is 12.3. The number of benzene rings is 3. The summed E-state index contributed by atoms with van der Waals surface area (Å²) in [6.07, 6.45) is 3.28. The maximum absolute atomic E-state index is 14.0. The van der Waals surface area contributed by atoms with Gasteiger partial charge in [0.1, 0.15) is 11.6 Å². The quantitative estimate of drug-likeness (QED) is 0.348. The standard InChI is InChI=1S/C33H35Cl2FN4O4S/c34-24-3-1-22(2-4-24)9-11-37-12-14-39(15-13-37)45(42,43)28-17-23-10-16-44-32(23)31(19-28)40-26-6-7-27(40)21-38(20-26)33(41)29-8-5-25(36)18-30(29)35/h1-5,8,17-19,26-27H,6-7,9-16,20-21H2/t26-,27+. The van der Waals surface area contributed by atoms with Crippen molar-refractivity contribution in [1.82, 2.24) is 14.1 Å². The van der Waals surface area contributed by atoms with Crippen LogP contribution in [0.1, 0.15) is 34.3 Å². The third kappa shape index (κ3) is 6.03. The van der Waals surface area contributed by atoms with Crippen LogP contribution < -0.4 is 9.64 Å². The van der Waals surface area contributed by atoms with Crippen molar-refractivity contribution in [2.45, 2.75) is 42.7 Å². The van der Waals surface area contributed by atoms with E-state index in [1.807, 2.05) is 24.3 Å². The Morgan fingerprint density at radius 1 is 0.933 bits per heavy atom. The highest BCUT2D eigenvalue weighted by Crippen LogP contribution is 2.45. The van der Waals surface area contributed by atoms with E-state index in [0.29, 0.717) is 57.2 Å². The van der Waals surface area contributed by atoms with Crippen LogP contribution in [0.4, 0.5) is 10.1 Å². The van der Waals surface area contributed by atoms with E-state index in [2.05, 4.69) is 9.80 Å². The van der Waals surface area contributed by atoms with E-state index in [-0.39, 0.29) is 28.6 Å². The number of likely N-dealkylation sites (tertiary alicyclic amines) is 1. The number of amides is 1. The largest absolute Gasteiger partial charge is 0.491 e. The number of fused-ring (bicyclic) bond motifs is 3. The second-order valence-corrected chi connectivity index (χ2v) is 15.1. The summed E-state index contributed by atoms with van der Waals surface area (Å²) in [5.41, 5.74) is 3.20. The van der Waals surface area contributed by atoms with Crippen LogP contribution in [0.3, 0.4) is 0 Å². The molecule has 0 saturated carbocycles. The minimum absolute atomic E-state index is 0.00219. The van der Waals surface area contributed by atoms with Crippen LogP contribution in [-0.4, -0.2) is 92.9 Å². The fourth-order valence-electron chi connectivity index (χ4n) is 7.18. The number of hydrogen-bond donors (Lipinski definition) is 0. The predicted octanol–water partition coefficient (Wildman–Crippen LogP) is 5.11. The Morgan fingerprint density at radius 3 is 2.33 bits per heavy atom.